The number of carbonyl (C=O) groups excluding carboxylic acids is 1. The monoisotopic (exact) mass is 497 g/mol. The van der Waals surface area contributed by atoms with E-state index in [4.69, 9.17) is 11.6 Å². The van der Waals surface area contributed by atoms with Gasteiger partial charge in [0.2, 0.25) is 5.91 Å². The minimum Gasteiger partial charge on any atom is -0.507 e. The molecule has 1 heterocycles. The first kappa shape index (κ1) is 21.1. The van der Waals surface area contributed by atoms with Gasteiger partial charge in [-0.25, -0.2) is 0 Å². The number of nitro groups is 1. The van der Waals surface area contributed by atoms with Crippen molar-refractivity contribution in [2.45, 2.75) is 5.16 Å². The molecule has 0 aliphatic rings. The first-order valence-corrected chi connectivity index (χ1v) is 10.2. The third-order valence-corrected chi connectivity index (χ3v) is 5.64. The number of halogens is 2. The number of phenolic OH excluding ortho intramolecular Hbond substituents is 1. The molecule has 1 amide bonds. The molecule has 0 aliphatic carbocycles. The van der Waals surface area contributed by atoms with Crippen molar-refractivity contribution in [3.8, 4) is 17.1 Å². The van der Waals surface area contributed by atoms with Gasteiger partial charge in [-0.2, -0.15) is 0 Å². The number of carbonyl (C=O) groups is 1. The molecule has 0 unspecified atom stereocenters. The average Bonchev–Trinajstić information content (AvgIpc) is 3.04. The lowest BCUT2D eigenvalue weighted by atomic mass is 10.2. The molecular formula is C17H13BrClN5O4S. The number of benzene rings is 2. The molecule has 0 radical (unpaired) electrons. The summed E-state index contributed by atoms with van der Waals surface area (Å²) in [6.07, 6.45) is 0. The molecule has 150 valence electrons. The van der Waals surface area contributed by atoms with Crippen LogP contribution < -0.4 is 5.32 Å². The first-order valence-electron chi connectivity index (χ1n) is 8.01. The Morgan fingerprint density at radius 3 is 2.83 bits per heavy atom. The number of rotatable bonds is 6. The number of phenols is 1. The van der Waals surface area contributed by atoms with Gasteiger partial charge >= 0.3 is 0 Å². The summed E-state index contributed by atoms with van der Waals surface area (Å²) in [6, 6.07) is 8.75. The topological polar surface area (TPSA) is 123 Å². The lowest BCUT2D eigenvalue weighted by Crippen LogP contribution is -2.15. The van der Waals surface area contributed by atoms with Crippen LogP contribution in [0.5, 0.6) is 5.75 Å². The van der Waals surface area contributed by atoms with Crippen molar-refractivity contribution in [3.05, 3.63) is 56.0 Å². The Labute approximate surface area is 182 Å². The first-order chi connectivity index (χ1) is 13.8. The van der Waals surface area contributed by atoms with Crippen LogP contribution in [0.3, 0.4) is 0 Å². The Kier molecular flexibility index (Phi) is 6.40. The normalized spacial score (nSPS) is 10.7. The van der Waals surface area contributed by atoms with Gasteiger partial charge in [0.15, 0.2) is 11.0 Å². The number of non-ortho nitro benzene ring substituents is 1. The Morgan fingerprint density at radius 1 is 1.34 bits per heavy atom. The number of aromatic hydroxyl groups is 1. The Hall–Kier alpha value is -2.63. The quantitative estimate of drug-likeness (QED) is 0.296. The number of hydrogen-bond donors (Lipinski definition) is 2. The van der Waals surface area contributed by atoms with E-state index in [1.807, 2.05) is 0 Å². The molecule has 0 bridgehead atoms. The summed E-state index contributed by atoms with van der Waals surface area (Å²) in [5.41, 5.74) is 0.474. The number of nitrogens with zero attached hydrogens (tertiary/aromatic N) is 4. The molecule has 0 aliphatic heterocycles. The van der Waals surface area contributed by atoms with E-state index >= 15 is 0 Å². The molecule has 0 saturated heterocycles. The number of hydrogen-bond acceptors (Lipinski definition) is 7. The van der Waals surface area contributed by atoms with Crippen LogP contribution in [0.1, 0.15) is 0 Å². The van der Waals surface area contributed by atoms with Crippen molar-refractivity contribution in [1.82, 2.24) is 14.8 Å². The predicted octanol–water partition coefficient (Wildman–Crippen LogP) is 4.24. The lowest BCUT2D eigenvalue weighted by Gasteiger charge is -2.08. The maximum absolute atomic E-state index is 12.2. The molecule has 2 aromatic carbocycles. The molecule has 3 aromatic rings. The van der Waals surface area contributed by atoms with Crippen molar-refractivity contribution in [2.75, 3.05) is 11.1 Å². The summed E-state index contributed by atoms with van der Waals surface area (Å²) in [5, 5.41) is 32.3. The van der Waals surface area contributed by atoms with E-state index in [0.717, 1.165) is 16.2 Å². The summed E-state index contributed by atoms with van der Waals surface area (Å²) in [6.45, 7) is 0. The van der Waals surface area contributed by atoms with Crippen molar-refractivity contribution in [3.63, 3.8) is 0 Å². The molecule has 0 spiro atoms. The predicted molar refractivity (Wildman–Crippen MR) is 113 cm³/mol. The molecular weight excluding hydrogens is 486 g/mol. The van der Waals surface area contributed by atoms with Gasteiger partial charge in [-0.15, -0.1) is 10.2 Å². The van der Waals surface area contributed by atoms with E-state index < -0.39 is 10.8 Å². The summed E-state index contributed by atoms with van der Waals surface area (Å²) >= 11 is 10.5. The third kappa shape index (κ3) is 4.86. The van der Waals surface area contributed by atoms with Crippen molar-refractivity contribution < 1.29 is 14.8 Å². The van der Waals surface area contributed by atoms with Gasteiger partial charge in [0, 0.05) is 23.7 Å². The molecule has 12 heteroatoms. The molecule has 9 nitrogen and oxygen atoms in total. The van der Waals surface area contributed by atoms with Gasteiger partial charge in [0.05, 0.1) is 26.9 Å². The number of nitro benzene ring substituents is 1. The maximum atomic E-state index is 12.2. The minimum absolute atomic E-state index is 0.0184. The molecule has 3 rings (SSSR count). The van der Waals surface area contributed by atoms with E-state index in [2.05, 4.69) is 31.4 Å². The number of nitrogens with one attached hydrogen (secondary N) is 1. The standard InChI is InChI=1S/C17H13BrClN5O4S/c1-23-16(11-6-9(18)2-5-14(11)25)21-22-17(23)29-8-15(26)20-13-7-10(24(27)28)3-4-12(13)19/h2-7,25H,8H2,1H3,(H,20,26). The van der Waals surface area contributed by atoms with Gasteiger partial charge < -0.3 is 15.0 Å². The second kappa shape index (κ2) is 8.80. The molecule has 0 atom stereocenters. The summed E-state index contributed by atoms with van der Waals surface area (Å²) in [5.74, 6) is 0.0640. The van der Waals surface area contributed by atoms with Crippen molar-refractivity contribution >= 4 is 56.6 Å². The zero-order valence-corrected chi connectivity index (χ0v) is 18.0. The fourth-order valence-electron chi connectivity index (χ4n) is 2.40. The number of thioether (sulfide) groups is 1. The number of aromatic nitrogens is 3. The van der Waals surface area contributed by atoms with Gasteiger partial charge in [-0.1, -0.05) is 39.3 Å². The minimum atomic E-state index is -0.570. The lowest BCUT2D eigenvalue weighted by molar-refractivity contribution is -0.384. The fourth-order valence-corrected chi connectivity index (χ4v) is 3.64. The van der Waals surface area contributed by atoms with Crippen LogP contribution in [-0.2, 0) is 11.8 Å². The molecule has 1 aromatic heterocycles. The van der Waals surface area contributed by atoms with Crippen molar-refractivity contribution in [1.29, 1.82) is 0 Å². The van der Waals surface area contributed by atoms with Crippen LogP contribution in [0.25, 0.3) is 11.4 Å². The Morgan fingerprint density at radius 2 is 2.10 bits per heavy atom. The summed E-state index contributed by atoms with van der Waals surface area (Å²) in [7, 11) is 1.72. The third-order valence-electron chi connectivity index (χ3n) is 3.80. The second-order valence-electron chi connectivity index (χ2n) is 5.78. The summed E-state index contributed by atoms with van der Waals surface area (Å²) < 4.78 is 2.43. The van der Waals surface area contributed by atoms with Crippen molar-refractivity contribution in [2.24, 2.45) is 7.05 Å². The number of anilines is 1. The van der Waals surface area contributed by atoms with Crippen LogP contribution in [0, 0.1) is 10.1 Å². The largest absolute Gasteiger partial charge is 0.507 e. The van der Waals surface area contributed by atoms with Crippen LogP contribution in [0.4, 0.5) is 11.4 Å². The highest BCUT2D eigenvalue weighted by Crippen LogP contribution is 2.32. The highest BCUT2D eigenvalue weighted by Gasteiger charge is 2.17. The van der Waals surface area contributed by atoms with E-state index in [1.54, 1.807) is 23.7 Å². The zero-order chi connectivity index (χ0) is 21.1. The van der Waals surface area contributed by atoms with Gasteiger partial charge in [-0.05, 0) is 24.3 Å². The van der Waals surface area contributed by atoms with E-state index in [9.17, 15) is 20.0 Å². The average molecular weight is 499 g/mol. The Bertz CT molecular complexity index is 1110. The van der Waals surface area contributed by atoms with Gasteiger partial charge in [0.25, 0.3) is 5.69 Å². The summed E-state index contributed by atoms with van der Waals surface area (Å²) in [4.78, 5) is 22.5. The fraction of sp³-hybridized carbons (Fsp3) is 0.118. The van der Waals surface area contributed by atoms with E-state index in [-0.39, 0.29) is 27.9 Å². The highest BCUT2D eigenvalue weighted by atomic mass is 79.9. The van der Waals surface area contributed by atoms with Crippen LogP contribution in [0.2, 0.25) is 5.02 Å². The Balaban J connectivity index is 1.70. The van der Waals surface area contributed by atoms with E-state index in [0.29, 0.717) is 16.5 Å². The van der Waals surface area contributed by atoms with Crippen LogP contribution >= 0.6 is 39.3 Å². The molecule has 29 heavy (non-hydrogen) atoms. The van der Waals surface area contributed by atoms with Crippen LogP contribution in [-0.4, -0.2) is 36.5 Å². The second-order valence-corrected chi connectivity index (χ2v) is 8.05. The number of amides is 1. The maximum Gasteiger partial charge on any atom is 0.271 e. The van der Waals surface area contributed by atoms with Gasteiger partial charge in [0.1, 0.15) is 5.75 Å². The smallest absolute Gasteiger partial charge is 0.271 e. The molecule has 0 fully saturated rings. The zero-order valence-electron chi connectivity index (χ0n) is 14.8. The highest BCUT2D eigenvalue weighted by molar-refractivity contribution is 9.10. The van der Waals surface area contributed by atoms with E-state index in [1.165, 1.54) is 24.3 Å². The molecule has 2 N–H and O–H groups in total. The van der Waals surface area contributed by atoms with Crippen LogP contribution in [0.15, 0.2) is 46.0 Å². The molecule has 0 saturated carbocycles. The SMILES string of the molecule is Cn1c(SCC(=O)Nc2cc([N+](=O)[O-])ccc2Cl)nnc1-c1cc(Br)ccc1O. The van der Waals surface area contributed by atoms with Gasteiger partial charge in [-0.3, -0.25) is 14.9 Å².